The maximum Gasteiger partial charge on any atom is 0.449 e. The molecular weight excluding hydrogens is 418 g/mol. The highest BCUT2D eigenvalue weighted by atomic mass is 35.6. The highest BCUT2D eigenvalue weighted by Gasteiger charge is 2.60. The number of nitrogens with zero attached hydrogens (tertiary/aromatic N) is 3. The van der Waals surface area contributed by atoms with Gasteiger partial charge < -0.3 is 19.3 Å². The van der Waals surface area contributed by atoms with Crippen LogP contribution in [0.25, 0.3) is 0 Å². The number of amidine groups is 1. The smallest absolute Gasteiger partial charge is 0.427 e. The number of rotatable bonds is 1. The van der Waals surface area contributed by atoms with Crippen LogP contribution in [0.5, 0.6) is 11.5 Å². The van der Waals surface area contributed by atoms with Crippen molar-refractivity contribution < 1.29 is 22.6 Å². The standard InChI is InChI=1S/C15H15Cl3F3N3O2/c1-23-6-8-24(9-7-23)12(13(19,20)21)22-15(14(16,17)18)25-10-4-2-3-5-11(10)26-15/h2-5H,6-9H2,1H3/b22-12+. The third-order valence-electron chi connectivity index (χ3n) is 4.01. The first-order valence-electron chi connectivity index (χ1n) is 7.66. The van der Waals surface area contributed by atoms with E-state index in [1.165, 1.54) is 12.1 Å². The second-order valence-electron chi connectivity index (χ2n) is 5.95. The van der Waals surface area contributed by atoms with Crippen molar-refractivity contribution in [2.75, 3.05) is 33.2 Å². The van der Waals surface area contributed by atoms with Crippen molar-refractivity contribution in [3.8, 4) is 11.5 Å². The molecule has 0 amide bonds. The van der Waals surface area contributed by atoms with Gasteiger partial charge >= 0.3 is 12.1 Å². The number of aliphatic imine (C=N–C) groups is 1. The molecule has 1 fully saturated rings. The van der Waals surface area contributed by atoms with Crippen molar-refractivity contribution >= 4 is 40.6 Å². The monoisotopic (exact) mass is 431 g/mol. The van der Waals surface area contributed by atoms with Gasteiger partial charge in [-0.2, -0.15) is 18.2 Å². The summed E-state index contributed by atoms with van der Waals surface area (Å²) >= 11 is 17.8. The van der Waals surface area contributed by atoms with Gasteiger partial charge in [0, 0.05) is 26.2 Å². The van der Waals surface area contributed by atoms with E-state index in [1.54, 1.807) is 12.1 Å². The molecule has 0 spiro atoms. The first-order valence-corrected chi connectivity index (χ1v) is 8.79. The number of alkyl halides is 6. The van der Waals surface area contributed by atoms with E-state index in [2.05, 4.69) is 4.99 Å². The van der Waals surface area contributed by atoms with Gasteiger partial charge in [0.15, 0.2) is 11.5 Å². The topological polar surface area (TPSA) is 37.3 Å². The molecular formula is C15H15Cl3F3N3O2. The SMILES string of the molecule is CN1CCN(/C(=N/C2(C(Cl)(Cl)Cl)Oc3ccccc3O2)C(F)(F)F)CC1. The predicted octanol–water partition coefficient (Wildman–Crippen LogP) is 3.69. The number of benzene rings is 1. The van der Waals surface area contributed by atoms with E-state index in [0.29, 0.717) is 13.1 Å². The highest BCUT2D eigenvalue weighted by Crippen LogP contribution is 2.51. The molecule has 0 radical (unpaired) electrons. The third kappa shape index (κ3) is 3.78. The Bertz CT molecular complexity index is 676. The van der Waals surface area contributed by atoms with Crippen LogP contribution in [0, 0.1) is 0 Å². The summed E-state index contributed by atoms with van der Waals surface area (Å²) in [5.74, 6) is -3.40. The van der Waals surface area contributed by atoms with Crippen LogP contribution in [0.2, 0.25) is 0 Å². The number of fused-ring (bicyclic) bond motifs is 1. The van der Waals surface area contributed by atoms with Crippen LogP contribution < -0.4 is 9.47 Å². The quantitative estimate of drug-likeness (QED) is 0.385. The molecule has 0 saturated carbocycles. The van der Waals surface area contributed by atoms with E-state index < -0.39 is 21.7 Å². The average Bonchev–Trinajstić information content (AvgIpc) is 2.92. The molecule has 1 aromatic carbocycles. The Kier molecular flexibility index (Phi) is 5.16. The lowest BCUT2D eigenvalue weighted by molar-refractivity contribution is -0.0905. The van der Waals surface area contributed by atoms with Crippen molar-refractivity contribution in [2.45, 2.75) is 15.9 Å². The summed E-state index contributed by atoms with van der Waals surface area (Å²) in [5, 5.41) is 0. The van der Waals surface area contributed by atoms with E-state index in [0.717, 1.165) is 4.90 Å². The van der Waals surface area contributed by atoms with E-state index in [4.69, 9.17) is 44.3 Å². The maximum absolute atomic E-state index is 13.7. The Hall–Kier alpha value is -1.09. The molecule has 26 heavy (non-hydrogen) atoms. The molecule has 0 aliphatic carbocycles. The van der Waals surface area contributed by atoms with Gasteiger partial charge in [0.2, 0.25) is 5.84 Å². The zero-order valence-electron chi connectivity index (χ0n) is 13.6. The summed E-state index contributed by atoms with van der Waals surface area (Å²) < 4.78 is 49.6. The lowest BCUT2D eigenvalue weighted by Crippen LogP contribution is -2.56. The van der Waals surface area contributed by atoms with Crippen LogP contribution in [-0.2, 0) is 0 Å². The van der Waals surface area contributed by atoms with Crippen LogP contribution >= 0.6 is 34.8 Å². The van der Waals surface area contributed by atoms with E-state index in [-0.39, 0.29) is 24.6 Å². The Morgan fingerprint density at radius 2 is 1.54 bits per heavy atom. The number of likely N-dealkylation sites (N-methyl/N-ethyl adjacent to an activating group) is 1. The molecule has 2 heterocycles. The van der Waals surface area contributed by atoms with Gasteiger partial charge in [-0.1, -0.05) is 46.9 Å². The predicted molar refractivity (Wildman–Crippen MR) is 93.3 cm³/mol. The summed E-state index contributed by atoms with van der Waals surface area (Å²) in [6.07, 6.45) is -4.78. The molecule has 2 aliphatic rings. The Morgan fingerprint density at radius 3 is 1.96 bits per heavy atom. The summed E-state index contributed by atoms with van der Waals surface area (Å²) in [6.45, 7) is 1.13. The largest absolute Gasteiger partial charge is 0.449 e. The first kappa shape index (κ1) is 19.7. The Morgan fingerprint density at radius 1 is 1.04 bits per heavy atom. The van der Waals surface area contributed by atoms with Crippen molar-refractivity contribution in [3.05, 3.63) is 24.3 Å². The van der Waals surface area contributed by atoms with Crippen LogP contribution in [0.3, 0.4) is 0 Å². The Balaban J connectivity index is 2.03. The van der Waals surface area contributed by atoms with Gasteiger partial charge in [0.1, 0.15) is 0 Å². The van der Waals surface area contributed by atoms with Crippen molar-refractivity contribution in [1.29, 1.82) is 0 Å². The van der Waals surface area contributed by atoms with Gasteiger partial charge in [-0.15, -0.1) is 0 Å². The second kappa shape index (κ2) is 6.82. The molecule has 0 atom stereocenters. The lowest BCUT2D eigenvalue weighted by Gasteiger charge is -2.37. The maximum atomic E-state index is 13.7. The number of hydrogen-bond donors (Lipinski definition) is 0. The Labute approximate surface area is 163 Å². The summed E-state index contributed by atoms with van der Waals surface area (Å²) in [4.78, 5) is 6.67. The fraction of sp³-hybridized carbons (Fsp3) is 0.533. The minimum Gasteiger partial charge on any atom is -0.427 e. The number of para-hydroxylation sites is 2. The molecule has 2 aliphatic heterocycles. The summed E-state index contributed by atoms with van der Waals surface area (Å²) in [6, 6.07) is 6.22. The van der Waals surface area contributed by atoms with Gasteiger partial charge in [-0.3, -0.25) is 0 Å². The van der Waals surface area contributed by atoms with Crippen molar-refractivity contribution in [2.24, 2.45) is 4.99 Å². The fourth-order valence-corrected chi connectivity index (χ4v) is 2.99. The minimum absolute atomic E-state index is 0.123. The van der Waals surface area contributed by atoms with Crippen molar-refractivity contribution in [3.63, 3.8) is 0 Å². The molecule has 0 aromatic heterocycles. The number of ether oxygens (including phenoxy) is 2. The zero-order chi connectivity index (χ0) is 19.2. The first-order chi connectivity index (χ1) is 12.0. The molecule has 1 aromatic rings. The van der Waals surface area contributed by atoms with Crippen LogP contribution in [0.1, 0.15) is 0 Å². The van der Waals surface area contributed by atoms with Gasteiger partial charge in [0.05, 0.1) is 0 Å². The minimum atomic E-state index is -4.78. The number of hydrogen-bond acceptors (Lipinski definition) is 4. The van der Waals surface area contributed by atoms with E-state index in [9.17, 15) is 13.2 Å². The second-order valence-corrected chi connectivity index (χ2v) is 8.24. The van der Waals surface area contributed by atoms with Crippen molar-refractivity contribution in [1.82, 2.24) is 9.80 Å². The normalized spacial score (nSPS) is 21.2. The summed E-state index contributed by atoms with van der Waals surface area (Å²) in [7, 11) is 1.82. The average molecular weight is 433 g/mol. The highest BCUT2D eigenvalue weighted by molar-refractivity contribution is 6.68. The lowest BCUT2D eigenvalue weighted by atomic mass is 10.3. The zero-order valence-corrected chi connectivity index (χ0v) is 15.8. The molecule has 0 unspecified atom stereocenters. The third-order valence-corrected chi connectivity index (χ3v) is 4.73. The molecule has 0 N–H and O–H groups in total. The fourth-order valence-electron chi connectivity index (χ4n) is 2.63. The summed E-state index contributed by atoms with van der Waals surface area (Å²) in [5.41, 5.74) is 0. The van der Waals surface area contributed by atoms with Crippen LogP contribution in [0.15, 0.2) is 29.3 Å². The van der Waals surface area contributed by atoms with Gasteiger partial charge in [-0.25, -0.2) is 0 Å². The molecule has 11 heteroatoms. The molecule has 5 nitrogen and oxygen atoms in total. The molecule has 144 valence electrons. The number of piperazine rings is 1. The molecule has 3 rings (SSSR count). The van der Waals surface area contributed by atoms with E-state index in [1.807, 2.05) is 11.9 Å². The van der Waals surface area contributed by atoms with E-state index >= 15 is 0 Å². The molecule has 1 saturated heterocycles. The van der Waals surface area contributed by atoms with Crippen LogP contribution in [-0.4, -0.2) is 64.7 Å². The number of halogens is 6. The van der Waals surface area contributed by atoms with Crippen LogP contribution in [0.4, 0.5) is 13.2 Å². The van der Waals surface area contributed by atoms with Gasteiger partial charge in [0.25, 0.3) is 3.79 Å². The molecule has 0 bridgehead atoms. The van der Waals surface area contributed by atoms with Gasteiger partial charge in [-0.05, 0) is 19.2 Å².